The molecule has 0 radical (unpaired) electrons. The zero-order chi connectivity index (χ0) is 18.1. The average molecular weight is 363 g/mol. The summed E-state index contributed by atoms with van der Waals surface area (Å²) in [6, 6.07) is 13.8. The molecule has 0 spiro atoms. The maximum absolute atomic E-state index is 11.6. The summed E-state index contributed by atoms with van der Waals surface area (Å²) in [6.45, 7) is 2.47. The number of nitrogens with two attached hydrogens (primary N) is 1. The maximum atomic E-state index is 11.6. The fourth-order valence-corrected chi connectivity index (χ4v) is 3.95. The standard InChI is InChI=1S/C19H17N5OS/c1-2-21-19(25)24-13-6-3-11(4-7-13)12-5-8-14-15(9-12)26-17-16(14)22-10-23-18(17)20/h3-10H,2H2,1H3,(H2,20,22,23)(H2,21,24,25). The van der Waals surface area contributed by atoms with Crippen molar-refractivity contribution in [3.8, 4) is 11.1 Å². The quantitative estimate of drug-likeness (QED) is 0.508. The molecule has 26 heavy (non-hydrogen) atoms. The van der Waals surface area contributed by atoms with Gasteiger partial charge in [0.15, 0.2) is 0 Å². The smallest absolute Gasteiger partial charge is 0.319 e. The molecule has 2 heterocycles. The van der Waals surface area contributed by atoms with Gasteiger partial charge in [-0.15, -0.1) is 11.3 Å². The van der Waals surface area contributed by atoms with Crippen molar-refractivity contribution in [1.82, 2.24) is 15.3 Å². The van der Waals surface area contributed by atoms with Gasteiger partial charge in [0.2, 0.25) is 0 Å². The van der Waals surface area contributed by atoms with Crippen LogP contribution in [0.25, 0.3) is 31.4 Å². The zero-order valence-electron chi connectivity index (χ0n) is 14.1. The predicted octanol–water partition coefficient (Wildman–Crippen LogP) is 4.24. The van der Waals surface area contributed by atoms with E-state index in [1.165, 1.54) is 6.33 Å². The van der Waals surface area contributed by atoms with E-state index in [0.717, 1.165) is 37.1 Å². The number of thiophene rings is 1. The van der Waals surface area contributed by atoms with Crippen molar-refractivity contribution in [2.75, 3.05) is 17.6 Å². The van der Waals surface area contributed by atoms with Crippen LogP contribution >= 0.6 is 11.3 Å². The Labute approximate surface area is 154 Å². The number of rotatable bonds is 3. The van der Waals surface area contributed by atoms with Gasteiger partial charge in [-0.05, 0) is 36.2 Å². The topological polar surface area (TPSA) is 92.9 Å². The summed E-state index contributed by atoms with van der Waals surface area (Å²) < 4.78 is 2.04. The number of nitrogens with zero attached hydrogens (tertiary/aromatic N) is 2. The molecule has 6 nitrogen and oxygen atoms in total. The van der Waals surface area contributed by atoms with Crippen LogP contribution in [0.1, 0.15) is 6.92 Å². The molecule has 2 aromatic heterocycles. The Hall–Kier alpha value is -3.19. The highest BCUT2D eigenvalue weighted by molar-refractivity contribution is 7.26. The zero-order valence-corrected chi connectivity index (χ0v) is 14.9. The third kappa shape index (κ3) is 2.93. The Bertz CT molecular complexity index is 1100. The van der Waals surface area contributed by atoms with Gasteiger partial charge < -0.3 is 16.4 Å². The number of nitrogen functional groups attached to an aromatic ring is 1. The molecular weight excluding hydrogens is 346 g/mol. The van der Waals surface area contributed by atoms with Crippen molar-refractivity contribution in [3.05, 3.63) is 48.8 Å². The second-order valence-corrected chi connectivity index (χ2v) is 6.86. The highest BCUT2D eigenvalue weighted by atomic mass is 32.1. The van der Waals surface area contributed by atoms with E-state index in [9.17, 15) is 4.79 Å². The summed E-state index contributed by atoms with van der Waals surface area (Å²) in [5, 5.41) is 6.59. The van der Waals surface area contributed by atoms with Crippen LogP contribution in [0.2, 0.25) is 0 Å². The first-order valence-corrected chi connectivity index (χ1v) is 9.05. The molecule has 2 aromatic carbocycles. The lowest BCUT2D eigenvalue weighted by Crippen LogP contribution is -2.28. The van der Waals surface area contributed by atoms with Crippen LogP contribution < -0.4 is 16.4 Å². The molecule has 0 bridgehead atoms. The molecule has 0 saturated carbocycles. The normalized spacial score (nSPS) is 11.0. The first-order chi connectivity index (χ1) is 12.7. The summed E-state index contributed by atoms with van der Waals surface area (Å²) in [5.74, 6) is 0.513. The van der Waals surface area contributed by atoms with Crippen molar-refractivity contribution in [3.63, 3.8) is 0 Å². The minimum absolute atomic E-state index is 0.203. The number of hydrogen-bond donors (Lipinski definition) is 3. The van der Waals surface area contributed by atoms with Crippen LogP contribution in [0.3, 0.4) is 0 Å². The van der Waals surface area contributed by atoms with Crippen LogP contribution in [0.15, 0.2) is 48.8 Å². The Morgan fingerprint density at radius 1 is 1.12 bits per heavy atom. The molecule has 4 aromatic rings. The molecule has 0 fully saturated rings. The van der Waals surface area contributed by atoms with E-state index in [2.05, 4.69) is 38.8 Å². The highest BCUT2D eigenvalue weighted by Gasteiger charge is 2.10. The van der Waals surface area contributed by atoms with Gasteiger partial charge in [0.1, 0.15) is 12.1 Å². The van der Waals surface area contributed by atoms with Gasteiger partial charge in [-0.1, -0.05) is 24.3 Å². The molecule has 130 valence electrons. The lowest BCUT2D eigenvalue weighted by Gasteiger charge is -2.07. The van der Waals surface area contributed by atoms with Crippen molar-refractivity contribution in [2.45, 2.75) is 6.92 Å². The SMILES string of the molecule is CCNC(=O)Nc1ccc(-c2ccc3c(c2)sc2c(N)ncnc23)cc1. The number of urea groups is 1. The average Bonchev–Trinajstić information content (AvgIpc) is 3.02. The number of anilines is 2. The molecule has 0 saturated heterocycles. The lowest BCUT2D eigenvalue weighted by atomic mass is 10.0. The summed E-state index contributed by atoms with van der Waals surface area (Å²) in [4.78, 5) is 20.0. The van der Waals surface area contributed by atoms with Gasteiger partial charge in [-0.3, -0.25) is 0 Å². The van der Waals surface area contributed by atoms with Crippen LogP contribution in [-0.2, 0) is 0 Å². The molecule has 0 unspecified atom stereocenters. The summed E-state index contributed by atoms with van der Waals surface area (Å²) in [7, 11) is 0. The fraction of sp³-hybridized carbons (Fsp3) is 0.105. The van der Waals surface area contributed by atoms with E-state index in [-0.39, 0.29) is 6.03 Å². The summed E-state index contributed by atoms with van der Waals surface area (Å²) in [5.41, 5.74) is 9.79. The summed E-state index contributed by atoms with van der Waals surface area (Å²) >= 11 is 1.60. The van der Waals surface area contributed by atoms with Gasteiger partial charge in [0.25, 0.3) is 0 Å². The number of amides is 2. The van der Waals surface area contributed by atoms with Gasteiger partial charge >= 0.3 is 6.03 Å². The third-order valence-electron chi connectivity index (χ3n) is 4.09. The van der Waals surface area contributed by atoms with Crippen molar-refractivity contribution in [2.24, 2.45) is 0 Å². The first kappa shape index (κ1) is 16.3. The van der Waals surface area contributed by atoms with Gasteiger partial charge in [-0.25, -0.2) is 14.8 Å². The Morgan fingerprint density at radius 3 is 2.65 bits per heavy atom. The van der Waals surface area contributed by atoms with Crippen molar-refractivity contribution >= 4 is 49.2 Å². The van der Waals surface area contributed by atoms with Crippen molar-refractivity contribution in [1.29, 1.82) is 0 Å². The largest absolute Gasteiger partial charge is 0.382 e. The van der Waals surface area contributed by atoms with Crippen LogP contribution in [0.5, 0.6) is 0 Å². The fourth-order valence-electron chi connectivity index (χ4n) is 2.85. The molecule has 0 atom stereocenters. The van der Waals surface area contributed by atoms with Crippen LogP contribution in [0.4, 0.5) is 16.3 Å². The minimum atomic E-state index is -0.203. The van der Waals surface area contributed by atoms with E-state index in [1.54, 1.807) is 11.3 Å². The number of carbonyl (C=O) groups excluding carboxylic acids is 1. The second-order valence-electron chi connectivity index (χ2n) is 5.81. The minimum Gasteiger partial charge on any atom is -0.382 e. The number of hydrogen-bond acceptors (Lipinski definition) is 5. The molecular formula is C19H17N5OS. The van der Waals surface area contributed by atoms with E-state index in [0.29, 0.717) is 12.4 Å². The highest BCUT2D eigenvalue weighted by Crippen LogP contribution is 2.37. The van der Waals surface area contributed by atoms with E-state index < -0.39 is 0 Å². The molecule has 7 heteroatoms. The predicted molar refractivity (Wildman–Crippen MR) is 107 cm³/mol. The molecule has 0 aliphatic rings. The molecule has 2 amide bonds. The third-order valence-corrected chi connectivity index (χ3v) is 5.26. The second kappa shape index (κ2) is 6.61. The van der Waals surface area contributed by atoms with Crippen LogP contribution in [-0.4, -0.2) is 22.5 Å². The number of benzene rings is 2. The first-order valence-electron chi connectivity index (χ1n) is 8.23. The Balaban J connectivity index is 1.67. The maximum Gasteiger partial charge on any atom is 0.319 e. The van der Waals surface area contributed by atoms with E-state index in [4.69, 9.17) is 5.73 Å². The molecule has 4 rings (SSSR count). The van der Waals surface area contributed by atoms with Crippen LogP contribution in [0, 0.1) is 0 Å². The van der Waals surface area contributed by atoms with E-state index >= 15 is 0 Å². The number of nitrogens with one attached hydrogen (secondary N) is 2. The molecule has 0 aliphatic carbocycles. The van der Waals surface area contributed by atoms with Gasteiger partial charge in [0, 0.05) is 22.3 Å². The Kier molecular flexibility index (Phi) is 4.14. The monoisotopic (exact) mass is 363 g/mol. The number of aromatic nitrogens is 2. The Morgan fingerprint density at radius 2 is 1.88 bits per heavy atom. The molecule has 4 N–H and O–H groups in total. The number of fused-ring (bicyclic) bond motifs is 3. The molecule has 0 aliphatic heterocycles. The van der Waals surface area contributed by atoms with E-state index in [1.807, 2.05) is 31.2 Å². The van der Waals surface area contributed by atoms with Crippen molar-refractivity contribution < 1.29 is 4.79 Å². The van der Waals surface area contributed by atoms with Gasteiger partial charge in [-0.2, -0.15) is 0 Å². The number of carbonyl (C=O) groups is 1. The lowest BCUT2D eigenvalue weighted by molar-refractivity contribution is 0.252. The summed E-state index contributed by atoms with van der Waals surface area (Å²) in [6.07, 6.45) is 1.50. The van der Waals surface area contributed by atoms with Gasteiger partial charge in [0.05, 0.1) is 10.2 Å².